The molecule has 0 aliphatic carbocycles. The molecule has 0 radical (unpaired) electrons. The fraction of sp³-hybridized carbons (Fsp3) is 0.417. The molecule has 0 aromatic carbocycles. The summed E-state index contributed by atoms with van der Waals surface area (Å²) < 4.78 is 3.84. The van der Waals surface area contributed by atoms with Gasteiger partial charge in [0, 0.05) is 17.7 Å². The van der Waals surface area contributed by atoms with Gasteiger partial charge in [0.05, 0.1) is 5.69 Å². The Balaban J connectivity index is 2.20. The zero-order chi connectivity index (χ0) is 14.9. The lowest BCUT2D eigenvalue weighted by Crippen LogP contribution is -2.19. The SMILES string of the molecule is CC(=O)c1csc(NC(=O)c2snnc2C(C)(C)C)n1. The van der Waals surface area contributed by atoms with E-state index in [2.05, 4.69) is 19.9 Å². The fourth-order valence-electron chi connectivity index (χ4n) is 1.48. The van der Waals surface area contributed by atoms with Crippen LogP contribution in [-0.2, 0) is 5.41 Å². The largest absolute Gasteiger partial charge is 0.297 e. The van der Waals surface area contributed by atoms with Crippen molar-refractivity contribution in [3.63, 3.8) is 0 Å². The summed E-state index contributed by atoms with van der Waals surface area (Å²) in [6, 6.07) is 0. The van der Waals surface area contributed by atoms with E-state index in [0.717, 1.165) is 11.5 Å². The fourth-order valence-corrected chi connectivity index (χ4v) is 2.99. The quantitative estimate of drug-likeness (QED) is 0.881. The molecule has 2 aromatic heterocycles. The summed E-state index contributed by atoms with van der Waals surface area (Å²) in [6.45, 7) is 7.35. The number of Topliss-reactive ketones (excluding diaryl/α,β-unsaturated/α-hetero) is 1. The molecule has 8 heteroatoms. The van der Waals surface area contributed by atoms with Crippen molar-refractivity contribution in [2.45, 2.75) is 33.1 Å². The molecule has 20 heavy (non-hydrogen) atoms. The van der Waals surface area contributed by atoms with Crippen LogP contribution in [0.4, 0.5) is 5.13 Å². The van der Waals surface area contributed by atoms with Gasteiger partial charge < -0.3 is 0 Å². The third kappa shape index (κ3) is 3.07. The van der Waals surface area contributed by atoms with Crippen molar-refractivity contribution < 1.29 is 9.59 Å². The van der Waals surface area contributed by atoms with Gasteiger partial charge in [-0.25, -0.2) is 4.98 Å². The molecular weight excluding hydrogens is 296 g/mol. The number of aromatic nitrogens is 3. The monoisotopic (exact) mass is 310 g/mol. The molecule has 0 spiro atoms. The molecular formula is C12H14N4O2S2. The first-order valence-corrected chi connectivity index (χ1v) is 7.55. The molecule has 106 valence electrons. The lowest BCUT2D eigenvalue weighted by molar-refractivity contribution is 0.100. The minimum Gasteiger partial charge on any atom is -0.297 e. The van der Waals surface area contributed by atoms with E-state index in [1.54, 1.807) is 5.38 Å². The number of anilines is 1. The summed E-state index contributed by atoms with van der Waals surface area (Å²) >= 11 is 2.27. The van der Waals surface area contributed by atoms with Crippen molar-refractivity contribution in [1.82, 2.24) is 14.6 Å². The van der Waals surface area contributed by atoms with Gasteiger partial charge in [0.25, 0.3) is 5.91 Å². The Bertz CT molecular complexity index is 654. The Morgan fingerprint density at radius 1 is 1.30 bits per heavy atom. The van der Waals surface area contributed by atoms with E-state index in [9.17, 15) is 9.59 Å². The summed E-state index contributed by atoms with van der Waals surface area (Å²) in [5, 5.41) is 8.71. The number of nitrogens with zero attached hydrogens (tertiary/aromatic N) is 3. The van der Waals surface area contributed by atoms with Gasteiger partial charge in [-0.1, -0.05) is 25.3 Å². The van der Waals surface area contributed by atoms with E-state index >= 15 is 0 Å². The number of hydrogen-bond donors (Lipinski definition) is 1. The highest BCUT2D eigenvalue weighted by Crippen LogP contribution is 2.27. The number of hydrogen-bond acceptors (Lipinski definition) is 7. The van der Waals surface area contributed by atoms with E-state index in [1.807, 2.05) is 20.8 Å². The van der Waals surface area contributed by atoms with Gasteiger partial charge in [-0.2, -0.15) is 0 Å². The van der Waals surface area contributed by atoms with Crippen LogP contribution in [-0.4, -0.2) is 26.3 Å². The molecule has 2 aromatic rings. The van der Waals surface area contributed by atoms with E-state index in [4.69, 9.17) is 0 Å². The Hall–Kier alpha value is -1.67. The molecule has 2 rings (SSSR count). The second kappa shape index (κ2) is 5.37. The first-order chi connectivity index (χ1) is 9.29. The normalized spacial score (nSPS) is 11.4. The predicted molar refractivity (Wildman–Crippen MR) is 78.7 cm³/mol. The van der Waals surface area contributed by atoms with Gasteiger partial charge in [0.2, 0.25) is 0 Å². The second-order valence-electron chi connectivity index (χ2n) is 5.25. The molecule has 0 bridgehead atoms. The maximum Gasteiger partial charge on any atom is 0.271 e. The minimum atomic E-state index is -0.297. The number of carbonyl (C=O) groups excluding carboxylic acids is 2. The Kier molecular flexibility index (Phi) is 3.96. The van der Waals surface area contributed by atoms with Crippen LogP contribution in [0.2, 0.25) is 0 Å². The molecule has 0 fully saturated rings. The first kappa shape index (κ1) is 14.7. The predicted octanol–water partition coefficient (Wildman–Crippen LogP) is 2.75. The summed E-state index contributed by atoms with van der Waals surface area (Å²) in [6.07, 6.45) is 0. The van der Waals surface area contributed by atoms with Crippen molar-refractivity contribution in [3.8, 4) is 0 Å². The number of carbonyl (C=O) groups is 2. The summed E-state index contributed by atoms with van der Waals surface area (Å²) in [5.41, 5.74) is 0.750. The van der Waals surface area contributed by atoms with Crippen LogP contribution in [0.1, 0.15) is 53.5 Å². The maximum absolute atomic E-state index is 12.2. The van der Waals surface area contributed by atoms with Crippen LogP contribution in [0.3, 0.4) is 0 Å². The Morgan fingerprint density at radius 3 is 2.55 bits per heavy atom. The average molecular weight is 310 g/mol. The van der Waals surface area contributed by atoms with Crippen LogP contribution < -0.4 is 5.32 Å². The number of ketones is 1. The second-order valence-corrected chi connectivity index (χ2v) is 6.86. The van der Waals surface area contributed by atoms with Crippen LogP contribution in [0.5, 0.6) is 0 Å². The molecule has 0 saturated carbocycles. The van der Waals surface area contributed by atoms with E-state index in [0.29, 0.717) is 21.4 Å². The molecule has 1 amide bonds. The van der Waals surface area contributed by atoms with Gasteiger partial charge in [-0.15, -0.1) is 16.4 Å². The molecule has 0 aliphatic rings. The van der Waals surface area contributed by atoms with Gasteiger partial charge in [0.1, 0.15) is 10.6 Å². The van der Waals surface area contributed by atoms with Gasteiger partial charge in [0.15, 0.2) is 10.9 Å². The zero-order valence-electron chi connectivity index (χ0n) is 11.6. The number of amides is 1. The summed E-state index contributed by atoms with van der Waals surface area (Å²) in [7, 11) is 0. The van der Waals surface area contributed by atoms with Crippen molar-refractivity contribution >= 4 is 39.7 Å². The lowest BCUT2D eigenvalue weighted by Gasteiger charge is -2.15. The van der Waals surface area contributed by atoms with Gasteiger partial charge >= 0.3 is 0 Å². The number of nitrogens with one attached hydrogen (secondary N) is 1. The highest BCUT2D eigenvalue weighted by Gasteiger charge is 2.26. The highest BCUT2D eigenvalue weighted by atomic mass is 32.1. The third-order valence-electron chi connectivity index (χ3n) is 2.49. The number of rotatable bonds is 3. The van der Waals surface area contributed by atoms with Crippen molar-refractivity contribution in [3.05, 3.63) is 21.6 Å². The van der Waals surface area contributed by atoms with E-state index < -0.39 is 0 Å². The topological polar surface area (TPSA) is 84.8 Å². The Morgan fingerprint density at radius 2 is 2.00 bits per heavy atom. The van der Waals surface area contributed by atoms with Crippen LogP contribution >= 0.6 is 22.9 Å². The van der Waals surface area contributed by atoms with Crippen LogP contribution in [0.25, 0.3) is 0 Å². The van der Waals surface area contributed by atoms with Crippen LogP contribution in [0.15, 0.2) is 5.38 Å². The lowest BCUT2D eigenvalue weighted by atomic mass is 9.91. The van der Waals surface area contributed by atoms with E-state index in [-0.39, 0.29) is 17.1 Å². The average Bonchev–Trinajstić information content (AvgIpc) is 2.95. The molecule has 0 unspecified atom stereocenters. The minimum absolute atomic E-state index is 0.128. The highest BCUT2D eigenvalue weighted by molar-refractivity contribution is 7.14. The zero-order valence-corrected chi connectivity index (χ0v) is 13.2. The van der Waals surface area contributed by atoms with Crippen molar-refractivity contribution in [1.29, 1.82) is 0 Å². The molecule has 2 heterocycles. The van der Waals surface area contributed by atoms with Gasteiger partial charge in [-0.05, 0) is 11.5 Å². The van der Waals surface area contributed by atoms with Gasteiger partial charge in [-0.3, -0.25) is 14.9 Å². The number of thiazole rings is 1. The van der Waals surface area contributed by atoms with E-state index in [1.165, 1.54) is 18.3 Å². The molecule has 0 atom stereocenters. The molecule has 0 saturated heterocycles. The van der Waals surface area contributed by atoms with Crippen molar-refractivity contribution in [2.24, 2.45) is 0 Å². The molecule has 6 nitrogen and oxygen atoms in total. The molecule has 1 N–H and O–H groups in total. The van der Waals surface area contributed by atoms with Crippen molar-refractivity contribution in [2.75, 3.05) is 5.32 Å². The molecule has 0 aliphatic heterocycles. The Labute approximate surface area is 124 Å². The summed E-state index contributed by atoms with van der Waals surface area (Å²) in [4.78, 5) is 27.9. The third-order valence-corrected chi connectivity index (χ3v) is 3.97. The smallest absolute Gasteiger partial charge is 0.271 e. The first-order valence-electron chi connectivity index (χ1n) is 5.89. The van der Waals surface area contributed by atoms with Crippen LogP contribution in [0, 0.1) is 0 Å². The maximum atomic E-state index is 12.2. The standard InChI is InChI=1S/C12H14N4O2S2/c1-6(17)7-5-19-11(13-7)14-10(18)8-9(12(2,3)4)15-16-20-8/h5H,1-4H3,(H,13,14,18). The summed E-state index contributed by atoms with van der Waals surface area (Å²) in [5.74, 6) is -0.425.